The number of alkyl halides is 3. The van der Waals surface area contributed by atoms with Crippen LogP contribution in [0.25, 0.3) is 0 Å². The zero-order chi connectivity index (χ0) is 33.5. The molecule has 2 aliphatic carbocycles. The van der Waals surface area contributed by atoms with Crippen LogP contribution in [0.15, 0.2) is 82.6 Å². The van der Waals surface area contributed by atoms with Crippen molar-refractivity contribution < 1.29 is 32.3 Å². The standard InChI is InChI=1S/C34H25ClF3N3O5S2/c35-15-9-11-16(12-10-15)39-23(42)14-46-22-8-4-1-5-17(22)24-25-18-13-19(28(25)47-30-29(24)48-33(45)40-30)27-26(18)31(43)41(32(27)44)21-7-3-2-6-20(21)34(36,37)38/h1-12,18-19,24-28H,13-14H2,(H,39,42)(H,40,45)/t18-,19-,24-,25?,26?,27?,28?/m1/s1. The number of hydrogen-bond acceptors (Lipinski definition) is 7. The summed E-state index contributed by atoms with van der Waals surface area (Å²) in [6, 6.07) is 18.5. The van der Waals surface area contributed by atoms with Crippen LogP contribution in [0, 0.1) is 29.6 Å². The number of para-hydroxylation sites is 2. The van der Waals surface area contributed by atoms with E-state index < -0.39 is 52.9 Å². The van der Waals surface area contributed by atoms with Crippen LogP contribution in [0.3, 0.4) is 0 Å². The lowest BCUT2D eigenvalue weighted by Gasteiger charge is -2.43. The van der Waals surface area contributed by atoms with Gasteiger partial charge in [0.05, 0.1) is 28.1 Å². The Bertz CT molecular complexity index is 2030. The van der Waals surface area contributed by atoms with Crippen molar-refractivity contribution in [1.82, 2.24) is 4.98 Å². The average Bonchev–Trinajstić information content (AvgIpc) is 3.79. The van der Waals surface area contributed by atoms with Gasteiger partial charge in [-0.25, -0.2) is 4.90 Å². The average molecular weight is 712 g/mol. The second-order valence-electron chi connectivity index (χ2n) is 12.4. The van der Waals surface area contributed by atoms with Crippen molar-refractivity contribution in [2.75, 3.05) is 16.8 Å². The van der Waals surface area contributed by atoms with Gasteiger partial charge in [-0.1, -0.05) is 53.3 Å². The summed E-state index contributed by atoms with van der Waals surface area (Å²) < 4.78 is 48.1. The van der Waals surface area contributed by atoms with Gasteiger partial charge in [-0.15, -0.1) is 11.8 Å². The molecule has 2 saturated carbocycles. The summed E-state index contributed by atoms with van der Waals surface area (Å²) in [4.78, 5) is 57.7. The van der Waals surface area contributed by atoms with Gasteiger partial charge in [0.25, 0.3) is 5.91 Å². The Morgan fingerprint density at radius 3 is 2.40 bits per heavy atom. The van der Waals surface area contributed by atoms with Crippen LogP contribution in [-0.2, 0) is 20.6 Å². The summed E-state index contributed by atoms with van der Waals surface area (Å²) in [7, 11) is 0. The molecule has 48 heavy (non-hydrogen) atoms. The molecule has 4 unspecified atom stereocenters. The molecule has 3 fully saturated rings. The van der Waals surface area contributed by atoms with Crippen LogP contribution >= 0.6 is 34.7 Å². The van der Waals surface area contributed by atoms with Crippen molar-refractivity contribution >= 4 is 63.8 Å². The number of carbonyl (C=O) groups excluding carboxylic acids is 3. The summed E-state index contributed by atoms with van der Waals surface area (Å²) in [5.41, 5.74) is -0.201. The second-order valence-corrected chi connectivity index (χ2v) is 15.0. The van der Waals surface area contributed by atoms with Gasteiger partial charge in [-0.05, 0) is 66.6 Å². The molecule has 8 rings (SSSR count). The van der Waals surface area contributed by atoms with Crippen LogP contribution in [-0.4, -0.2) is 34.6 Å². The van der Waals surface area contributed by atoms with Crippen LogP contribution in [0.4, 0.5) is 24.5 Å². The molecule has 246 valence electrons. The van der Waals surface area contributed by atoms with Crippen LogP contribution < -0.4 is 19.8 Å². The number of hydrogen-bond donors (Lipinski definition) is 2. The highest BCUT2D eigenvalue weighted by molar-refractivity contribution is 8.00. The Kier molecular flexibility index (Phi) is 7.49. The number of H-pyrrole nitrogens is 1. The molecule has 0 spiro atoms. The summed E-state index contributed by atoms with van der Waals surface area (Å²) >= 11 is 8.48. The van der Waals surface area contributed by atoms with Crippen LogP contribution in [0.1, 0.15) is 28.3 Å². The zero-order valence-corrected chi connectivity index (χ0v) is 27.1. The third-order valence-corrected chi connectivity index (χ3v) is 12.8. The van der Waals surface area contributed by atoms with E-state index in [1.54, 1.807) is 36.4 Å². The van der Waals surface area contributed by atoms with Crippen molar-refractivity contribution in [3.8, 4) is 5.75 Å². The molecule has 3 amide bonds. The first kappa shape index (κ1) is 31.2. The molecule has 0 radical (unpaired) electrons. The Morgan fingerprint density at radius 1 is 0.958 bits per heavy atom. The van der Waals surface area contributed by atoms with Gasteiger partial charge in [-0.2, -0.15) is 13.2 Å². The molecule has 1 aromatic heterocycles. The summed E-state index contributed by atoms with van der Waals surface area (Å²) in [5.74, 6) is -3.98. The highest BCUT2D eigenvalue weighted by Crippen LogP contribution is 2.69. The van der Waals surface area contributed by atoms with Crippen molar-refractivity contribution in [1.29, 1.82) is 0 Å². The number of anilines is 2. The Labute approximate surface area is 284 Å². The number of amides is 3. The number of halogens is 4. The smallest absolute Gasteiger partial charge is 0.418 e. The SMILES string of the molecule is O=C(COc1ccccc1[C@H]1c2sc(=O)[nH]c2SC2C1[C@H]1C[C@@H]2C2C(=O)N(c3ccccc3C(F)(F)F)C(=O)C21)Nc1ccc(Cl)cc1. The highest BCUT2D eigenvalue weighted by Gasteiger charge is 2.70. The zero-order valence-electron chi connectivity index (χ0n) is 24.7. The Hall–Kier alpha value is -4.07. The van der Waals surface area contributed by atoms with Gasteiger partial charge in [0.15, 0.2) is 6.61 Å². The molecule has 1 saturated heterocycles. The van der Waals surface area contributed by atoms with E-state index in [9.17, 15) is 32.3 Å². The minimum absolute atomic E-state index is 0.185. The fourth-order valence-electron chi connectivity index (χ4n) is 8.25. The van der Waals surface area contributed by atoms with E-state index in [2.05, 4.69) is 10.3 Å². The number of fused-ring (bicyclic) bond motifs is 9. The first-order valence-electron chi connectivity index (χ1n) is 15.2. The molecule has 4 aromatic rings. The van der Waals surface area contributed by atoms with Crippen molar-refractivity contribution in [3.63, 3.8) is 0 Å². The van der Waals surface area contributed by atoms with Gasteiger partial charge in [0.2, 0.25) is 11.8 Å². The molecule has 14 heteroatoms. The molecule has 8 nitrogen and oxygen atoms in total. The first-order chi connectivity index (χ1) is 23.0. The molecule has 7 atom stereocenters. The molecule has 2 aliphatic heterocycles. The molecule has 2 bridgehead atoms. The van der Waals surface area contributed by atoms with Gasteiger partial charge in [-0.3, -0.25) is 19.2 Å². The number of rotatable bonds is 6. The predicted molar refractivity (Wildman–Crippen MR) is 174 cm³/mol. The molecule has 3 heterocycles. The minimum atomic E-state index is -4.75. The number of ether oxygens (including phenoxy) is 1. The number of carbonyl (C=O) groups is 3. The molecular weight excluding hydrogens is 687 g/mol. The second kappa shape index (κ2) is 11.5. The highest BCUT2D eigenvalue weighted by atomic mass is 35.5. The molecular formula is C34H25ClF3N3O5S2. The van der Waals surface area contributed by atoms with Gasteiger partial charge < -0.3 is 15.0 Å². The van der Waals surface area contributed by atoms with E-state index in [-0.39, 0.29) is 34.5 Å². The minimum Gasteiger partial charge on any atom is -0.483 e. The lowest BCUT2D eigenvalue weighted by Crippen LogP contribution is -2.42. The monoisotopic (exact) mass is 711 g/mol. The molecule has 4 aliphatic rings. The van der Waals surface area contributed by atoms with Crippen LogP contribution in [0.2, 0.25) is 5.02 Å². The largest absolute Gasteiger partial charge is 0.483 e. The van der Waals surface area contributed by atoms with E-state index in [4.69, 9.17) is 16.3 Å². The number of aromatic nitrogens is 1. The van der Waals surface area contributed by atoms with Crippen molar-refractivity contribution in [3.05, 3.63) is 103 Å². The number of thioether (sulfide) groups is 1. The maximum atomic E-state index is 14.0. The summed E-state index contributed by atoms with van der Waals surface area (Å²) in [5, 5.41) is 3.78. The van der Waals surface area contributed by atoms with Gasteiger partial charge in [0, 0.05) is 32.3 Å². The van der Waals surface area contributed by atoms with E-state index in [1.165, 1.54) is 30.0 Å². The number of aromatic amines is 1. The first-order valence-corrected chi connectivity index (χ1v) is 17.3. The van der Waals surface area contributed by atoms with Crippen molar-refractivity contribution in [2.24, 2.45) is 29.6 Å². The predicted octanol–water partition coefficient (Wildman–Crippen LogP) is 6.80. The number of thiazole rings is 1. The topological polar surface area (TPSA) is 109 Å². The lowest BCUT2D eigenvalue weighted by molar-refractivity contribution is -0.137. The molecule has 3 aromatic carbocycles. The fraction of sp³-hybridized carbons (Fsp3) is 0.294. The van der Waals surface area contributed by atoms with E-state index >= 15 is 0 Å². The van der Waals surface area contributed by atoms with Gasteiger partial charge in [0.1, 0.15) is 5.75 Å². The summed E-state index contributed by atoms with van der Waals surface area (Å²) in [6.45, 7) is -0.303. The third-order valence-electron chi connectivity index (χ3n) is 9.92. The van der Waals surface area contributed by atoms with Gasteiger partial charge >= 0.3 is 11.0 Å². The Balaban J connectivity index is 1.13. The van der Waals surface area contributed by atoms with E-state index in [0.717, 1.165) is 32.7 Å². The quantitative estimate of drug-likeness (QED) is 0.213. The third kappa shape index (κ3) is 4.97. The maximum Gasteiger partial charge on any atom is 0.418 e. The maximum absolute atomic E-state index is 14.0. The lowest BCUT2D eigenvalue weighted by atomic mass is 9.68. The normalized spacial score (nSPS) is 27.1. The fourth-order valence-corrected chi connectivity index (χ4v) is 11.3. The number of imide groups is 1. The van der Waals surface area contributed by atoms with E-state index in [0.29, 0.717) is 27.9 Å². The number of nitrogens with zero attached hydrogens (tertiary/aromatic N) is 1. The Morgan fingerprint density at radius 2 is 1.65 bits per heavy atom. The van der Waals surface area contributed by atoms with E-state index in [1.807, 2.05) is 12.1 Å². The number of benzene rings is 3. The summed E-state index contributed by atoms with van der Waals surface area (Å²) in [6.07, 6.45) is -4.19. The molecule has 2 N–H and O–H groups in total. The van der Waals surface area contributed by atoms with Crippen molar-refractivity contribution in [2.45, 2.75) is 28.8 Å². The number of nitrogens with one attached hydrogen (secondary N) is 2. The van der Waals surface area contributed by atoms with Crippen LogP contribution in [0.5, 0.6) is 5.75 Å².